The number of rotatable bonds is 1. The Morgan fingerprint density at radius 3 is 3.00 bits per heavy atom. The Balaban J connectivity index is 1.67. The van der Waals surface area contributed by atoms with Gasteiger partial charge < -0.3 is 13.9 Å². The predicted molar refractivity (Wildman–Crippen MR) is 94.5 cm³/mol. The van der Waals surface area contributed by atoms with Crippen molar-refractivity contribution < 1.29 is 9.47 Å². The van der Waals surface area contributed by atoms with E-state index >= 15 is 0 Å². The van der Waals surface area contributed by atoms with Crippen LogP contribution in [-0.2, 0) is 4.74 Å². The first-order chi connectivity index (χ1) is 12.0. The summed E-state index contributed by atoms with van der Waals surface area (Å²) in [7, 11) is 1.71. The summed E-state index contributed by atoms with van der Waals surface area (Å²) in [5.41, 5.74) is 3.09. The second-order valence-corrected chi connectivity index (χ2v) is 6.75. The second-order valence-electron chi connectivity index (χ2n) is 6.75. The molecule has 5 nitrogen and oxygen atoms in total. The molecule has 0 amide bonds. The number of hydrogen-bond acceptors (Lipinski definition) is 4. The summed E-state index contributed by atoms with van der Waals surface area (Å²) < 4.78 is 13.5. The van der Waals surface area contributed by atoms with E-state index in [2.05, 4.69) is 21.8 Å². The molecule has 1 atom stereocenters. The molecule has 0 bridgehead atoms. The molecule has 0 N–H and O–H groups in total. The van der Waals surface area contributed by atoms with E-state index in [0.717, 1.165) is 28.9 Å². The van der Waals surface area contributed by atoms with Gasteiger partial charge in [-0.15, -0.1) is 0 Å². The summed E-state index contributed by atoms with van der Waals surface area (Å²) in [4.78, 5) is 8.92. The largest absolute Gasteiger partial charge is 0.471 e. The van der Waals surface area contributed by atoms with Crippen LogP contribution in [-0.4, -0.2) is 27.1 Å². The third-order valence-electron chi connectivity index (χ3n) is 4.26. The lowest BCUT2D eigenvalue weighted by molar-refractivity contribution is -0.0143. The van der Waals surface area contributed by atoms with E-state index in [1.807, 2.05) is 54.9 Å². The summed E-state index contributed by atoms with van der Waals surface area (Å²) in [6.07, 6.45) is 6.34. The molecule has 0 unspecified atom stereocenters. The average Bonchev–Trinajstić information content (AvgIpc) is 3.01. The quantitative estimate of drug-likeness (QED) is 0.641. The van der Waals surface area contributed by atoms with Gasteiger partial charge in [-0.2, -0.15) is 0 Å². The fourth-order valence-electron chi connectivity index (χ4n) is 3.05. The van der Waals surface area contributed by atoms with E-state index in [9.17, 15) is 0 Å². The van der Waals surface area contributed by atoms with E-state index in [0.29, 0.717) is 5.88 Å². The molecular formula is C20H19N3O2. The van der Waals surface area contributed by atoms with E-state index < -0.39 is 0 Å². The maximum atomic E-state index is 5.95. The molecule has 25 heavy (non-hydrogen) atoms. The standard InChI is InChI=1S/C20H19N3O2/c1-20(2)11-17(24-3)16-10-14(12-21-19(16)25-20)7-8-15-13-23-9-5-4-6-18(23)22-15/h4-6,9-10,12-13,17H,11H2,1-3H3/t17-/m1/s1. The highest BCUT2D eigenvalue weighted by molar-refractivity contribution is 5.47. The van der Waals surface area contributed by atoms with Gasteiger partial charge in [0.05, 0.1) is 6.10 Å². The van der Waals surface area contributed by atoms with Crippen LogP contribution in [0.1, 0.15) is 43.2 Å². The molecule has 0 aliphatic carbocycles. The zero-order valence-electron chi connectivity index (χ0n) is 14.5. The first kappa shape index (κ1) is 15.7. The van der Waals surface area contributed by atoms with E-state index in [1.165, 1.54) is 0 Å². The Kier molecular flexibility index (Phi) is 3.70. The molecule has 3 aromatic heterocycles. The highest BCUT2D eigenvalue weighted by atomic mass is 16.5. The Morgan fingerprint density at radius 2 is 2.20 bits per heavy atom. The molecule has 0 fully saturated rings. The molecule has 0 saturated carbocycles. The molecule has 5 heteroatoms. The molecule has 4 heterocycles. The van der Waals surface area contributed by atoms with Crippen LogP contribution in [0.15, 0.2) is 42.9 Å². The number of nitrogens with zero attached hydrogens (tertiary/aromatic N) is 3. The number of methoxy groups -OCH3 is 1. The Morgan fingerprint density at radius 1 is 1.32 bits per heavy atom. The van der Waals surface area contributed by atoms with Crippen molar-refractivity contribution in [3.05, 3.63) is 59.7 Å². The number of pyridine rings is 2. The molecule has 0 spiro atoms. The van der Waals surface area contributed by atoms with Gasteiger partial charge in [0, 0.05) is 43.2 Å². The van der Waals surface area contributed by atoms with Gasteiger partial charge in [-0.3, -0.25) is 0 Å². The van der Waals surface area contributed by atoms with Gasteiger partial charge in [-0.05, 0) is 38.0 Å². The SMILES string of the molecule is CO[C@@H]1CC(C)(C)Oc2ncc(C#Cc3cn4ccccc4n3)cc21. The van der Waals surface area contributed by atoms with Gasteiger partial charge in [0.1, 0.15) is 16.9 Å². The van der Waals surface area contributed by atoms with Gasteiger partial charge in [-0.1, -0.05) is 12.0 Å². The van der Waals surface area contributed by atoms with Crippen molar-refractivity contribution in [3.63, 3.8) is 0 Å². The average molecular weight is 333 g/mol. The first-order valence-corrected chi connectivity index (χ1v) is 8.22. The maximum Gasteiger partial charge on any atom is 0.219 e. The van der Waals surface area contributed by atoms with Gasteiger partial charge >= 0.3 is 0 Å². The number of aromatic nitrogens is 3. The van der Waals surface area contributed by atoms with Crippen LogP contribution >= 0.6 is 0 Å². The van der Waals surface area contributed by atoms with Crippen molar-refractivity contribution in [2.24, 2.45) is 0 Å². The molecule has 3 aromatic rings. The molecule has 1 aliphatic rings. The van der Waals surface area contributed by atoms with E-state index in [4.69, 9.17) is 9.47 Å². The Labute approximate surface area is 146 Å². The van der Waals surface area contributed by atoms with Crippen molar-refractivity contribution in [2.45, 2.75) is 32.0 Å². The van der Waals surface area contributed by atoms with Crippen LogP contribution in [0.5, 0.6) is 5.88 Å². The van der Waals surface area contributed by atoms with Crippen molar-refractivity contribution in [1.82, 2.24) is 14.4 Å². The van der Waals surface area contributed by atoms with Crippen molar-refractivity contribution in [3.8, 4) is 17.7 Å². The molecule has 4 rings (SSSR count). The van der Waals surface area contributed by atoms with Crippen molar-refractivity contribution in [1.29, 1.82) is 0 Å². The smallest absolute Gasteiger partial charge is 0.219 e. The Hall–Kier alpha value is -2.84. The highest BCUT2D eigenvalue weighted by Crippen LogP contribution is 2.39. The number of imidazole rings is 1. The van der Waals surface area contributed by atoms with Crippen molar-refractivity contribution in [2.75, 3.05) is 7.11 Å². The van der Waals surface area contributed by atoms with E-state index in [1.54, 1.807) is 13.3 Å². The topological polar surface area (TPSA) is 48.7 Å². The van der Waals surface area contributed by atoms with Gasteiger partial charge in [0.15, 0.2) is 0 Å². The van der Waals surface area contributed by atoms with Crippen LogP contribution in [0.2, 0.25) is 0 Å². The van der Waals surface area contributed by atoms with Crippen LogP contribution < -0.4 is 4.74 Å². The van der Waals surface area contributed by atoms with Crippen molar-refractivity contribution >= 4 is 5.65 Å². The summed E-state index contributed by atoms with van der Waals surface area (Å²) in [5.74, 6) is 6.87. The van der Waals surface area contributed by atoms with Gasteiger partial charge in [0.2, 0.25) is 5.88 Å². The minimum atomic E-state index is -0.287. The Bertz CT molecular complexity index is 962. The zero-order chi connectivity index (χ0) is 17.4. The monoisotopic (exact) mass is 333 g/mol. The third-order valence-corrected chi connectivity index (χ3v) is 4.26. The predicted octanol–water partition coefficient (Wildman–Crippen LogP) is 3.38. The van der Waals surface area contributed by atoms with Crippen LogP contribution in [0, 0.1) is 11.8 Å². The number of fused-ring (bicyclic) bond motifs is 2. The summed E-state index contributed by atoms with van der Waals surface area (Å²) in [6, 6.07) is 7.87. The second kappa shape index (κ2) is 5.91. The number of ether oxygens (including phenoxy) is 2. The first-order valence-electron chi connectivity index (χ1n) is 8.22. The lowest BCUT2D eigenvalue weighted by atomic mass is 9.92. The normalized spacial score (nSPS) is 18.1. The lowest BCUT2D eigenvalue weighted by Gasteiger charge is -2.36. The zero-order valence-corrected chi connectivity index (χ0v) is 14.5. The molecule has 0 radical (unpaired) electrons. The highest BCUT2D eigenvalue weighted by Gasteiger charge is 2.34. The minimum absolute atomic E-state index is 0.0387. The minimum Gasteiger partial charge on any atom is -0.471 e. The van der Waals surface area contributed by atoms with Gasteiger partial charge in [0.25, 0.3) is 0 Å². The summed E-state index contributed by atoms with van der Waals surface area (Å²) >= 11 is 0. The summed E-state index contributed by atoms with van der Waals surface area (Å²) in [5, 5.41) is 0. The molecule has 0 aromatic carbocycles. The number of hydrogen-bond donors (Lipinski definition) is 0. The van der Waals surface area contributed by atoms with Crippen LogP contribution in [0.3, 0.4) is 0 Å². The molecular weight excluding hydrogens is 314 g/mol. The van der Waals surface area contributed by atoms with Crippen LogP contribution in [0.4, 0.5) is 0 Å². The lowest BCUT2D eigenvalue weighted by Crippen LogP contribution is -2.35. The maximum absolute atomic E-state index is 5.95. The fourth-order valence-corrected chi connectivity index (χ4v) is 3.05. The van der Waals surface area contributed by atoms with Gasteiger partial charge in [-0.25, -0.2) is 9.97 Å². The molecule has 1 aliphatic heterocycles. The molecule has 0 saturated heterocycles. The third kappa shape index (κ3) is 3.09. The van der Waals surface area contributed by atoms with E-state index in [-0.39, 0.29) is 11.7 Å². The summed E-state index contributed by atoms with van der Waals surface area (Å²) in [6.45, 7) is 4.08. The fraction of sp³-hybridized carbons (Fsp3) is 0.300. The van der Waals surface area contributed by atoms with Crippen LogP contribution in [0.25, 0.3) is 5.65 Å². The molecule has 126 valence electrons.